The summed E-state index contributed by atoms with van der Waals surface area (Å²) in [5.74, 6) is -0.440. The Morgan fingerprint density at radius 1 is 1.26 bits per heavy atom. The number of benzene rings is 1. The van der Waals surface area contributed by atoms with E-state index in [9.17, 15) is 17.6 Å². The molecule has 0 radical (unpaired) electrons. The van der Waals surface area contributed by atoms with Crippen molar-refractivity contribution in [2.24, 2.45) is 0 Å². The predicted molar refractivity (Wildman–Crippen MR) is 65.2 cm³/mol. The van der Waals surface area contributed by atoms with E-state index in [2.05, 4.69) is 4.98 Å². The summed E-state index contributed by atoms with van der Waals surface area (Å²) in [7, 11) is 0. The Bertz CT molecular complexity index is 607. The molecule has 1 aromatic heterocycles. The van der Waals surface area contributed by atoms with Gasteiger partial charge in [0, 0.05) is 18.4 Å². The normalized spacial score (nSPS) is 12.3. The fourth-order valence-corrected chi connectivity index (χ4v) is 2.13. The van der Waals surface area contributed by atoms with Gasteiger partial charge in [-0.05, 0) is 6.07 Å². The Morgan fingerprint density at radius 3 is 2.53 bits per heavy atom. The van der Waals surface area contributed by atoms with Gasteiger partial charge in [0.25, 0.3) is 0 Å². The van der Waals surface area contributed by atoms with Crippen LogP contribution in [0.3, 0.4) is 0 Å². The van der Waals surface area contributed by atoms with E-state index in [0.717, 1.165) is 16.7 Å². The number of hydrogen-bond acceptors (Lipinski definition) is 1. The zero-order valence-corrected chi connectivity index (χ0v) is 11.0. The lowest BCUT2D eigenvalue weighted by atomic mass is 10.3. The Hall–Kier alpha value is -1.01. The second-order valence-electron chi connectivity index (χ2n) is 3.92. The fraction of sp³-hybridized carbons (Fsp3) is 0.364. The van der Waals surface area contributed by atoms with Crippen LogP contribution < -0.4 is 0 Å². The summed E-state index contributed by atoms with van der Waals surface area (Å²) < 4.78 is 51.9. The zero-order chi connectivity index (χ0) is 14.2. The second-order valence-corrected chi connectivity index (χ2v) is 4.71. The van der Waals surface area contributed by atoms with Crippen LogP contribution >= 0.6 is 23.2 Å². The summed E-state index contributed by atoms with van der Waals surface area (Å²) in [6.45, 7) is -1.21. The molecule has 0 N–H and O–H groups in total. The van der Waals surface area contributed by atoms with Crippen LogP contribution in [0.5, 0.6) is 0 Å². The first kappa shape index (κ1) is 14.4. The van der Waals surface area contributed by atoms with Crippen LogP contribution in [0, 0.1) is 5.82 Å². The van der Waals surface area contributed by atoms with Gasteiger partial charge in [0.1, 0.15) is 18.2 Å². The van der Waals surface area contributed by atoms with Gasteiger partial charge in [-0.1, -0.05) is 11.6 Å². The Kier molecular flexibility index (Phi) is 3.92. The first-order valence-corrected chi connectivity index (χ1v) is 6.20. The molecule has 0 spiro atoms. The third-order valence-electron chi connectivity index (χ3n) is 2.52. The number of fused-ring (bicyclic) bond motifs is 1. The largest absolute Gasteiger partial charge is 0.406 e. The molecular weight excluding hydrogens is 307 g/mol. The summed E-state index contributed by atoms with van der Waals surface area (Å²) in [5, 5.41) is -0.242. The van der Waals surface area contributed by atoms with E-state index in [1.165, 1.54) is 0 Å². The quantitative estimate of drug-likeness (QED) is 0.614. The van der Waals surface area contributed by atoms with Crippen molar-refractivity contribution < 1.29 is 17.6 Å². The van der Waals surface area contributed by atoms with Crippen molar-refractivity contribution in [2.75, 3.05) is 5.88 Å². The number of imidazole rings is 1. The number of nitrogens with zero attached hydrogens (tertiary/aromatic N) is 2. The van der Waals surface area contributed by atoms with Gasteiger partial charge in [0.05, 0.1) is 16.1 Å². The van der Waals surface area contributed by atoms with Gasteiger partial charge < -0.3 is 4.57 Å². The standard InChI is InChI=1S/C11H8Cl2F4N2/c12-2-1-10-18-8-4-7(14)6(13)3-9(8)19(10)5-11(15,16)17/h3-4H,1-2,5H2. The maximum atomic E-state index is 13.3. The van der Waals surface area contributed by atoms with E-state index >= 15 is 0 Å². The highest BCUT2D eigenvalue weighted by molar-refractivity contribution is 6.31. The van der Waals surface area contributed by atoms with E-state index in [4.69, 9.17) is 23.2 Å². The fourth-order valence-electron chi connectivity index (χ4n) is 1.80. The summed E-state index contributed by atoms with van der Waals surface area (Å²) in [4.78, 5) is 3.97. The topological polar surface area (TPSA) is 17.8 Å². The lowest BCUT2D eigenvalue weighted by Crippen LogP contribution is -2.19. The van der Waals surface area contributed by atoms with Crippen LogP contribution in [-0.2, 0) is 13.0 Å². The first-order valence-electron chi connectivity index (χ1n) is 5.28. The molecule has 2 rings (SSSR count). The van der Waals surface area contributed by atoms with E-state index in [1.54, 1.807) is 0 Å². The van der Waals surface area contributed by atoms with Gasteiger partial charge >= 0.3 is 6.18 Å². The molecule has 0 aliphatic rings. The highest BCUT2D eigenvalue weighted by atomic mass is 35.5. The van der Waals surface area contributed by atoms with Gasteiger partial charge in [-0.2, -0.15) is 13.2 Å². The zero-order valence-electron chi connectivity index (χ0n) is 9.44. The molecule has 0 saturated carbocycles. The van der Waals surface area contributed by atoms with Gasteiger partial charge in [-0.3, -0.25) is 0 Å². The molecule has 1 aromatic carbocycles. The minimum atomic E-state index is -4.41. The van der Waals surface area contributed by atoms with Gasteiger partial charge in [-0.15, -0.1) is 11.6 Å². The van der Waals surface area contributed by atoms with Crippen molar-refractivity contribution in [1.29, 1.82) is 0 Å². The Labute approximate surface area is 115 Å². The first-order chi connectivity index (χ1) is 8.81. The van der Waals surface area contributed by atoms with E-state index < -0.39 is 18.5 Å². The van der Waals surface area contributed by atoms with E-state index in [1.807, 2.05) is 0 Å². The molecule has 0 amide bonds. The van der Waals surface area contributed by atoms with Crippen LogP contribution in [0.25, 0.3) is 11.0 Å². The number of aromatic nitrogens is 2. The molecule has 0 aliphatic carbocycles. The number of rotatable bonds is 3. The lowest BCUT2D eigenvalue weighted by molar-refractivity contribution is -0.140. The van der Waals surface area contributed by atoms with Crippen molar-refractivity contribution in [1.82, 2.24) is 9.55 Å². The van der Waals surface area contributed by atoms with Crippen LogP contribution in [0.4, 0.5) is 17.6 Å². The smallest absolute Gasteiger partial charge is 0.319 e. The molecule has 0 fully saturated rings. The lowest BCUT2D eigenvalue weighted by Gasteiger charge is -2.11. The third kappa shape index (κ3) is 3.12. The van der Waals surface area contributed by atoms with Crippen molar-refractivity contribution in [2.45, 2.75) is 19.1 Å². The van der Waals surface area contributed by atoms with Crippen LogP contribution in [-0.4, -0.2) is 21.6 Å². The average molecular weight is 315 g/mol. The van der Waals surface area contributed by atoms with Gasteiger partial charge in [-0.25, -0.2) is 9.37 Å². The number of hydrogen-bond donors (Lipinski definition) is 0. The molecule has 0 bridgehead atoms. The molecule has 1 heterocycles. The average Bonchev–Trinajstić information content (AvgIpc) is 2.57. The van der Waals surface area contributed by atoms with E-state index in [-0.39, 0.29) is 34.2 Å². The minimum Gasteiger partial charge on any atom is -0.319 e. The number of aryl methyl sites for hydroxylation is 1. The molecule has 8 heteroatoms. The molecule has 0 saturated heterocycles. The second kappa shape index (κ2) is 5.17. The van der Waals surface area contributed by atoms with Crippen molar-refractivity contribution in [3.63, 3.8) is 0 Å². The third-order valence-corrected chi connectivity index (χ3v) is 3.00. The summed E-state index contributed by atoms with van der Waals surface area (Å²) in [5.41, 5.74) is 0.273. The van der Waals surface area contributed by atoms with Gasteiger partial charge in [0.15, 0.2) is 0 Å². The molecule has 0 unspecified atom stereocenters. The van der Waals surface area contributed by atoms with Crippen molar-refractivity contribution in [3.05, 3.63) is 28.8 Å². The minimum absolute atomic E-state index is 0.122. The highest BCUT2D eigenvalue weighted by Crippen LogP contribution is 2.27. The molecule has 104 valence electrons. The Morgan fingerprint density at radius 2 is 1.95 bits per heavy atom. The maximum absolute atomic E-state index is 13.3. The number of halogens is 6. The molecule has 0 aliphatic heterocycles. The van der Waals surface area contributed by atoms with E-state index in [0.29, 0.717) is 0 Å². The van der Waals surface area contributed by atoms with Gasteiger partial charge in [0.2, 0.25) is 0 Å². The molecule has 2 nitrogen and oxygen atoms in total. The predicted octanol–water partition coefficient (Wildman–Crippen LogP) is 4.17. The molecule has 2 aromatic rings. The van der Waals surface area contributed by atoms with Crippen molar-refractivity contribution in [3.8, 4) is 0 Å². The van der Waals surface area contributed by atoms with Crippen molar-refractivity contribution >= 4 is 34.2 Å². The summed E-state index contributed by atoms with van der Waals surface area (Å²) in [6, 6.07) is 2.16. The Balaban J connectivity index is 2.62. The van der Waals surface area contributed by atoms with Crippen LogP contribution in [0.1, 0.15) is 5.82 Å². The molecular formula is C11H8Cl2F4N2. The SMILES string of the molecule is Fc1cc2nc(CCCl)n(CC(F)(F)F)c2cc1Cl. The molecule has 19 heavy (non-hydrogen) atoms. The van der Waals surface area contributed by atoms with Crippen LogP contribution in [0.2, 0.25) is 5.02 Å². The highest BCUT2D eigenvalue weighted by Gasteiger charge is 2.30. The summed E-state index contributed by atoms with van der Waals surface area (Å²) >= 11 is 11.1. The number of alkyl halides is 4. The monoisotopic (exact) mass is 314 g/mol. The summed E-state index contributed by atoms with van der Waals surface area (Å²) in [6.07, 6.45) is -4.25. The molecule has 0 atom stereocenters. The van der Waals surface area contributed by atoms with Crippen LogP contribution in [0.15, 0.2) is 12.1 Å². The maximum Gasteiger partial charge on any atom is 0.406 e.